The largest absolute Gasteiger partial charge is 0.331 e. The Bertz CT molecular complexity index is 495. The number of fused-ring (bicyclic) bond motifs is 2. The summed E-state index contributed by atoms with van der Waals surface area (Å²) in [5, 5.41) is 3.35. The molecule has 5 heteroatoms. The molecule has 1 N–H and O–H groups in total. The molecular formula is C15H20ClFN2O. The van der Waals surface area contributed by atoms with Crippen molar-refractivity contribution in [3.05, 3.63) is 35.1 Å². The van der Waals surface area contributed by atoms with Crippen molar-refractivity contribution in [2.75, 3.05) is 13.1 Å². The molecule has 2 bridgehead atoms. The van der Waals surface area contributed by atoms with Crippen molar-refractivity contribution in [2.24, 2.45) is 0 Å². The van der Waals surface area contributed by atoms with Crippen molar-refractivity contribution < 1.29 is 9.18 Å². The van der Waals surface area contributed by atoms with E-state index in [4.69, 9.17) is 0 Å². The van der Waals surface area contributed by atoms with Gasteiger partial charge in [0.1, 0.15) is 5.82 Å². The van der Waals surface area contributed by atoms with Crippen molar-refractivity contribution in [1.29, 1.82) is 0 Å². The first kappa shape index (κ1) is 15.3. The SMILES string of the molecule is Cc1ccc(F)c(C(=O)N2C3CCNCC2CC3)c1.Cl. The molecule has 3 nitrogen and oxygen atoms in total. The molecule has 2 saturated heterocycles. The second-order valence-electron chi connectivity index (χ2n) is 5.57. The van der Waals surface area contributed by atoms with Crippen molar-refractivity contribution in [2.45, 2.75) is 38.3 Å². The second-order valence-corrected chi connectivity index (χ2v) is 5.57. The van der Waals surface area contributed by atoms with Gasteiger partial charge in [-0.25, -0.2) is 4.39 Å². The zero-order chi connectivity index (χ0) is 13.4. The molecule has 2 heterocycles. The fourth-order valence-electron chi connectivity index (χ4n) is 3.26. The van der Waals surface area contributed by atoms with Gasteiger partial charge in [0.2, 0.25) is 0 Å². The molecule has 1 amide bonds. The van der Waals surface area contributed by atoms with E-state index >= 15 is 0 Å². The van der Waals surface area contributed by atoms with Gasteiger partial charge in [0.15, 0.2) is 0 Å². The number of benzene rings is 1. The summed E-state index contributed by atoms with van der Waals surface area (Å²) >= 11 is 0. The summed E-state index contributed by atoms with van der Waals surface area (Å²) in [6.45, 7) is 3.66. The third-order valence-electron chi connectivity index (χ3n) is 4.24. The summed E-state index contributed by atoms with van der Waals surface area (Å²) in [7, 11) is 0. The van der Waals surface area contributed by atoms with E-state index in [0.717, 1.165) is 37.9 Å². The standard InChI is InChI=1S/C15H19FN2O.ClH/c1-10-2-5-14(16)13(8-10)15(19)18-11-3-4-12(18)9-17-7-6-11;/h2,5,8,11-12,17H,3-4,6-7,9H2,1H3;1H. The maximum atomic E-state index is 13.9. The van der Waals surface area contributed by atoms with E-state index in [-0.39, 0.29) is 36.0 Å². The van der Waals surface area contributed by atoms with Crippen LogP contribution in [-0.2, 0) is 0 Å². The molecule has 2 aliphatic heterocycles. The van der Waals surface area contributed by atoms with Crippen LogP contribution in [0, 0.1) is 12.7 Å². The van der Waals surface area contributed by atoms with Gasteiger partial charge in [-0.2, -0.15) is 0 Å². The normalized spacial score (nSPS) is 25.0. The average molecular weight is 299 g/mol. The Labute approximate surface area is 124 Å². The summed E-state index contributed by atoms with van der Waals surface area (Å²) in [5.41, 5.74) is 1.14. The number of nitrogens with zero attached hydrogens (tertiary/aromatic N) is 1. The van der Waals surface area contributed by atoms with Crippen molar-refractivity contribution in [1.82, 2.24) is 10.2 Å². The lowest BCUT2D eigenvalue weighted by atomic mass is 10.1. The minimum atomic E-state index is -0.410. The van der Waals surface area contributed by atoms with Gasteiger partial charge in [0, 0.05) is 18.6 Å². The summed E-state index contributed by atoms with van der Waals surface area (Å²) in [5.74, 6) is -0.551. The Hall–Kier alpha value is -1.13. The van der Waals surface area contributed by atoms with E-state index in [0.29, 0.717) is 0 Å². The van der Waals surface area contributed by atoms with Crippen LogP contribution in [0.1, 0.15) is 35.2 Å². The summed E-state index contributed by atoms with van der Waals surface area (Å²) in [6.07, 6.45) is 3.04. The highest BCUT2D eigenvalue weighted by Crippen LogP contribution is 2.30. The topological polar surface area (TPSA) is 32.3 Å². The molecule has 0 saturated carbocycles. The Morgan fingerprint density at radius 3 is 2.85 bits per heavy atom. The maximum Gasteiger partial charge on any atom is 0.257 e. The first-order valence-electron chi connectivity index (χ1n) is 6.96. The summed E-state index contributed by atoms with van der Waals surface area (Å²) in [6, 6.07) is 5.24. The van der Waals surface area contributed by atoms with Crippen LogP contribution >= 0.6 is 12.4 Å². The lowest BCUT2D eigenvalue weighted by Crippen LogP contribution is -2.42. The molecule has 1 aromatic carbocycles. The van der Waals surface area contributed by atoms with E-state index in [9.17, 15) is 9.18 Å². The monoisotopic (exact) mass is 298 g/mol. The number of hydrogen-bond donors (Lipinski definition) is 1. The van der Waals surface area contributed by atoms with E-state index in [1.807, 2.05) is 11.8 Å². The van der Waals surface area contributed by atoms with Gasteiger partial charge < -0.3 is 10.2 Å². The van der Waals surface area contributed by atoms with Crippen LogP contribution in [0.15, 0.2) is 18.2 Å². The van der Waals surface area contributed by atoms with Crippen LogP contribution in [0.25, 0.3) is 0 Å². The predicted octanol–water partition coefficient (Wildman–Crippen LogP) is 2.52. The predicted molar refractivity (Wildman–Crippen MR) is 78.9 cm³/mol. The van der Waals surface area contributed by atoms with Gasteiger partial charge in [0.25, 0.3) is 5.91 Å². The maximum absolute atomic E-state index is 13.9. The lowest BCUT2D eigenvalue weighted by molar-refractivity contribution is 0.0675. The smallest absolute Gasteiger partial charge is 0.257 e. The number of nitrogens with one attached hydrogen (secondary N) is 1. The molecule has 2 aliphatic rings. The van der Waals surface area contributed by atoms with E-state index in [2.05, 4.69) is 5.32 Å². The fourth-order valence-corrected chi connectivity index (χ4v) is 3.26. The Kier molecular flexibility index (Phi) is 4.66. The highest BCUT2D eigenvalue weighted by atomic mass is 35.5. The summed E-state index contributed by atoms with van der Waals surface area (Å²) < 4.78 is 13.9. The average Bonchev–Trinajstić information content (AvgIpc) is 2.65. The van der Waals surface area contributed by atoms with Crippen LogP contribution in [-0.4, -0.2) is 36.0 Å². The molecule has 110 valence electrons. The van der Waals surface area contributed by atoms with Crippen LogP contribution in [0.5, 0.6) is 0 Å². The fraction of sp³-hybridized carbons (Fsp3) is 0.533. The van der Waals surface area contributed by atoms with Gasteiger partial charge in [0.05, 0.1) is 5.56 Å². The zero-order valence-electron chi connectivity index (χ0n) is 11.6. The number of rotatable bonds is 1. The molecule has 0 aromatic heterocycles. The number of halogens is 2. The van der Waals surface area contributed by atoms with Crippen molar-refractivity contribution in [3.63, 3.8) is 0 Å². The van der Waals surface area contributed by atoms with Gasteiger partial charge in [-0.05, 0) is 44.9 Å². The highest BCUT2D eigenvalue weighted by Gasteiger charge is 2.38. The van der Waals surface area contributed by atoms with Crippen LogP contribution in [0.3, 0.4) is 0 Å². The van der Waals surface area contributed by atoms with Crippen LogP contribution in [0.4, 0.5) is 4.39 Å². The third kappa shape index (κ3) is 2.67. The van der Waals surface area contributed by atoms with Crippen LogP contribution < -0.4 is 5.32 Å². The first-order chi connectivity index (χ1) is 9.16. The van der Waals surface area contributed by atoms with Crippen molar-refractivity contribution >= 4 is 18.3 Å². The number of carbonyl (C=O) groups excluding carboxylic acids is 1. The van der Waals surface area contributed by atoms with Crippen molar-refractivity contribution in [3.8, 4) is 0 Å². The van der Waals surface area contributed by atoms with Gasteiger partial charge in [-0.3, -0.25) is 4.79 Å². The zero-order valence-corrected chi connectivity index (χ0v) is 12.4. The number of carbonyl (C=O) groups is 1. The molecule has 2 unspecified atom stereocenters. The molecule has 0 spiro atoms. The Morgan fingerprint density at radius 2 is 2.05 bits per heavy atom. The summed E-state index contributed by atoms with van der Waals surface area (Å²) in [4.78, 5) is 14.6. The minimum absolute atomic E-state index is 0. The minimum Gasteiger partial charge on any atom is -0.331 e. The number of amides is 1. The Balaban J connectivity index is 0.00000147. The third-order valence-corrected chi connectivity index (χ3v) is 4.24. The van der Waals surface area contributed by atoms with Gasteiger partial charge in [-0.15, -0.1) is 12.4 Å². The van der Waals surface area contributed by atoms with E-state index < -0.39 is 5.82 Å². The lowest BCUT2D eigenvalue weighted by Gasteiger charge is -2.28. The molecular weight excluding hydrogens is 279 g/mol. The highest BCUT2D eigenvalue weighted by molar-refractivity contribution is 5.95. The first-order valence-corrected chi connectivity index (χ1v) is 6.96. The van der Waals surface area contributed by atoms with E-state index in [1.54, 1.807) is 12.1 Å². The number of hydrogen-bond acceptors (Lipinski definition) is 2. The molecule has 20 heavy (non-hydrogen) atoms. The molecule has 3 rings (SSSR count). The molecule has 1 aromatic rings. The molecule has 2 fully saturated rings. The van der Waals surface area contributed by atoms with Gasteiger partial charge >= 0.3 is 0 Å². The van der Waals surface area contributed by atoms with Crippen LogP contribution in [0.2, 0.25) is 0 Å². The Morgan fingerprint density at radius 1 is 1.30 bits per heavy atom. The number of aryl methyl sites for hydroxylation is 1. The second kappa shape index (κ2) is 6.10. The van der Waals surface area contributed by atoms with E-state index in [1.165, 1.54) is 6.07 Å². The quantitative estimate of drug-likeness (QED) is 0.864. The molecule has 2 atom stereocenters. The van der Waals surface area contributed by atoms with Gasteiger partial charge in [-0.1, -0.05) is 11.6 Å². The molecule has 0 aliphatic carbocycles. The molecule has 0 radical (unpaired) electrons.